The number of nitrogens with two attached hydrogens (primary N) is 1. The van der Waals surface area contributed by atoms with E-state index in [0.29, 0.717) is 18.5 Å². The summed E-state index contributed by atoms with van der Waals surface area (Å²) in [5, 5.41) is 3.90. The summed E-state index contributed by atoms with van der Waals surface area (Å²) in [6.07, 6.45) is 4.26. The Kier molecular flexibility index (Phi) is 2.17. The number of aromatic nitrogens is 2. The molecule has 1 aromatic rings. The van der Waals surface area contributed by atoms with Crippen LogP contribution in [0.1, 0.15) is 19.3 Å². The molecule has 14 heavy (non-hydrogen) atoms. The SMILES string of the molecule is Nc1cnn(CC2CCCC2(F)F)c1. The fourth-order valence-electron chi connectivity index (χ4n) is 1.93. The molecule has 0 bridgehead atoms. The van der Waals surface area contributed by atoms with Gasteiger partial charge in [-0.1, -0.05) is 0 Å². The van der Waals surface area contributed by atoms with Crippen LogP contribution in [0, 0.1) is 5.92 Å². The lowest BCUT2D eigenvalue weighted by Gasteiger charge is -2.18. The normalized spacial score (nSPS) is 25.4. The van der Waals surface area contributed by atoms with E-state index in [9.17, 15) is 8.78 Å². The Bertz CT molecular complexity index is 322. The maximum atomic E-state index is 13.2. The van der Waals surface area contributed by atoms with Crippen molar-refractivity contribution in [1.82, 2.24) is 9.78 Å². The van der Waals surface area contributed by atoms with Crippen LogP contribution in [0.3, 0.4) is 0 Å². The lowest BCUT2D eigenvalue weighted by Crippen LogP contribution is -2.26. The Hall–Kier alpha value is -1.13. The summed E-state index contributed by atoms with van der Waals surface area (Å²) in [6, 6.07) is 0. The van der Waals surface area contributed by atoms with Crippen LogP contribution in [0.5, 0.6) is 0 Å². The molecule has 2 rings (SSSR count). The molecule has 1 aromatic heterocycles. The van der Waals surface area contributed by atoms with E-state index in [2.05, 4.69) is 5.10 Å². The van der Waals surface area contributed by atoms with Crippen LogP contribution in [0.25, 0.3) is 0 Å². The topological polar surface area (TPSA) is 43.8 Å². The van der Waals surface area contributed by atoms with Crippen LogP contribution >= 0.6 is 0 Å². The number of alkyl halides is 2. The van der Waals surface area contributed by atoms with Gasteiger partial charge in [0.05, 0.1) is 11.9 Å². The molecule has 1 aliphatic carbocycles. The monoisotopic (exact) mass is 201 g/mol. The zero-order valence-corrected chi connectivity index (χ0v) is 7.79. The summed E-state index contributed by atoms with van der Waals surface area (Å²) in [4.78, 5) is 0. The third kappa shape index (κ3) is 1.71. The number of anilines is 1. The van der Waals surface area contributed by atoms with Crippen LogP contribution in [0.15, 0.2) is 12.4 Å². The first-order valence-electron chi connectivity index (χ1n) is 4.74. The molecule has 0 radical (unpaired) electrons. The molecule has 0 aliphatic heterocycles. The molecule has 3 nitrogen and oxygen atoms in total. The molecule has 1 unspecified atom stereocenters. The summed E-state index contributed by atoms with van der Waals surface area (Å²) in [6.45, 7) is 0.268. The van der Waals surface area contributed by atoms with Gasteiger partial charge in [0.15, 0.2) is 0 Å². The molecule has 5 heteroatoms. The van der Waals surface area contributed by atoms with Crippen molar-refractivity contribution in [3.05, 3.63) is 12.4 Å². The minimum absolute atomic E-state index is 0.00835. The highest BCUT2D eigenvalue weighted by Crippen LogP contribution is 2.41. The first-order chi connectivity index (χ1) is 6.58. The zero-order valence-electron chi connectivity index (χ0n) is 7.79. The van der Waals surface area contributed by atoms with Crippen molar-refractivity contribution >= 4 is 5.69 Å². The third-order valence-corrected chi connectivity index (χ3v) is 2.72. The Morgan fingerprint density at radius 3 is 2.93 bits per heavy atom. The number of rotatable bonds is 2. The number of nitrogens with zero attached hydrogens (tertiary/aromatic N) is 2. The molecular weight excluding hydrogens is 188 g/mol. The predicted molar refractivity (Wildman–Crippen MR) is 48.9 cm³/mol. The number of hydrogen-bond donors (Lipinski definition) is 1. The largest absolute Gasteiger partial charge is 0.396 e. The molecule has 1 aliphatic rings. The van der Waals surface area contributed by atoms with E-state index in [-0.39, 0.29) is 13.0 Å². The summed E-state index contributed by atoms with van der Waals surface area (Å²) >= 11 is 0. The molecule has 0 aromatic carbocycles. The van der Waals surface area contributed by atoms with Crippen LogP contribution in [-0.2, 0) is 6.54 Å². The smallest absolute Gasteiger partial charge is 0.252 e. The number of halogens is 2. The second-order valence-electron chi connectivity index (χ2n) is 3.85. The van der Waals surface area contributed by atoms with Gasteiger partial charge in [-0.2, -0.15) is 5.10 Å². The van der Waals surface area contributed by atoms with E-state index in [1.54, 1.807) is 6.20 Å². The van der Waals surface area contributed by atoms with E-state index in [1.807, 2.05) is 0 Å². The highest BCUT2D eigenvalue weighted by atomic mass is 19.3. The maximum Gasteiger partial charge on any atom is 0.252 e. The highest BCUT2D eigenvalue weighted by molar-refractivity contribution is 5.30. The molecule has 0 spiro atoms. The van der Waals surface area contributed by atoms with Gasteiger partial charge in [-0.15, -0.1) is 0 Å². The van der Waals surface area contributed by atoms with Crippen molar-refractivity contribution in [2.24, 2.45) is 5.92 Å². The predicted octanol–water partition coefficient (Wildman–Crippen LogP) is 1.90. The molecule has 1 saturated carbocycles. The van der Waals surface area contributed by atoms with Crippen LogP contribution < -0.4 is 5.73 Å². The lowest BCUT2D eigenvalue weighted by atomic mass is 10.1. The molecule has 0 saturated heterocycles. The van der Waals surface area contributed by atoms with E-state index >= 15 is 0 Å². The van der Waals surface area contributed by atoms with Crippen LogP contribution in [0.4, 0.5) is 14.5 Å². The van der Waals surface area contributed by atoms with Crippen molar-refractivity contribution in [2.75, 3.05) is 5.73 Å². The van der Waals surface area contributed by atoms with Crippen molar-refractivity contribution < 1.29 is 8.78 Å². The van der Waals surface area contributed by atoms with Gasteiger partial charge in [0, 0.05) is 25.1 Å². The summed E-state index contributed by atoms with van der Waals surface area (Å²) in [5.41, 5.74) is 5.97. The Morgan fingerprint density at radius 2 is 2.43 bits per heavy atom. The van der Waals surface area contributed by atoms with Gasteiger partial charge in [-0.05, 0) is 12.8 Å². The van der Waals surface area contributed by atoms with E-state index in [4.69, 9.17) is 5.73 Å². The maximum absolute atomic E-state index is 13.2. The van der Waals surface area contributed by atoms with Gasteiger partial charge in [-0.25, -0.2) is 8.78 Å². The molecule has 1 heterocycles. The van der Waals surface area contributed by atoms with Gasteiger partial charge in [-0.3, -0.25) is 4.68 Å². The summed E-state index contributed by atoms with van der Waals surface area (Å²) in [7, 11) is 0. The minimum Gasteiger partial charge on any atom is -0.396 e. The van der Waals surface area contributed by atoms with Crippen molar-refractivity contribution in [1.29, 1.82) is 0 Å². The first-order valence-corrected chi connectivity index (χ1v) is 4.74. The second-order valence-corrected chi connectivity index (χ2v) is 3.85. The van der Waals surface area contributed by atoms with Gasteiger partial charge in [0.25, 0.3) is 5.92 Å². The fraction of sp³-hybridized carbons (Fsp3) is 0.667. The Balaban J connectivity index is 2.04. The molecule has 1 fully saturated rings. The van der Waals surface area contributed by atoms with Crippen molar-refractivity contribution in [3.8, 4) is 0 Å². The fourth-order valence-corrected chi connectivity index (χ4v) is 1.93. The molecule has 0 amide bonds. The zero-order chi connectivity index (χ0) is 10.2. The van der Waals surface area contributed by atoms with E-state index in [1.165, 1.54) is 10.9 Å². The third-order valence-electron chi connectivity index (χ3n) is 2.72. The first kappa shape index (κ1) is 9.43. The molecule has 78 valence electrons. The minimum atomic E-state index is -2.53. The Labute approximate surface area is 80.9 Å². The van der Waals surface area contributed by atoms with Gasteiger partial charge >= 0.3 is 0 Å². The van der Waals surface area contributed by atoms with Crippen LogP contribution in [-0.4, -0.2) is 15.7 Å². The van der Waals surface area contributed by atoms with Gasteiger partial charge < -0.3 is 5.73 Å². The van der Waals surface area contributed by atoms with E-state index in [0.717, 1.165) is 0 Å². The van der Waals surface area contributed by atoms with Gasteiger partial charge in [0.2, 0.25) is 0 Å². The number of nitrogen functional groups attached to an aromatic ring is 1. The van der Waals surface area contributed by atoms with Crippen LogP contribution in [0.2, 0.25) is 0 Å². The van der Waals surface area contributed by atoms with Crippen molar-refractivity contribution in [2.45, 2.75) is 31.7 Å². The molecule has 1 atom stereocenters. The quantitative estimate of drug-likeness (QED) is 0.794. The van der Waals surface area contributed by atoms with E-state index < -0.39 is 11.8 Å². The molecular formula is C9H13F2N3. The second kappa shape index (κ2) is 3.22. The number of hydrogen-bond acceptors (Lipinski definition) is 2. The lowest BCUT2D eigenvalue weighted by molar-refractivity contribution is -0.0432. The van der Waals surface area contributed by atoms with Crippen molar-refractivity contribution in [3.63, 3.8) is 0 Å². The summed E-state index contributed by atoms with van der Waals surface area (Å²) < 4.78 is 28.0. The Morgan fingerprint density at radius 1 is 1.64 bits per heavy atom. The highest BCUT2D eigenvalue weighted by Gasteiger charge is 2.43. The van der Waals surface area contributed by atoms with Gasteiger partial charge in [0.1, 0.15) is 0 Å². The summed E-state index contributed by atoms with van der Waals surface area (Å²) in [5.74, 6) is -3.11. The average molecular weight is 201 g/mol. The molecule has 2 N–H and O–H groups in total. The standard InChI is InChI=1S/C9H13F2N3/c10-9(11)3-1-2-7(9)5-14-6-8(12)4-13-14/h4,6-7H,1-3,5,12H2. The average Bonchev–Trinajstić information content (AvgIpc) is 2.61.